The Balaban J connectivity index is 1.60. The van der Waals surface area contributed by atoms with Crippen LogP contribution in [0.5, 0.6) is 11.6 Å². The molecule has 0 spiro atoms. The quantitative estimate of drug-likeness (QED) is 0.676. The van der Waals surface area contributed by atoms with Gasteiger partial charge in [0.1, 0.15) is 17.4 Å². The number of aromatic nitrogens is 3. The number of hydrogen-bond donors (Lipinski definition) is 1. The molecule has 2 aromatic heterocycles. The van der Waals surface area contributed by atoms with Crippen LogP contribution in [0.25, 0.3) is 11.3 Å². The highest BCUT2D eigenvalue weighted by Gasteiger charge is 2.05. The fourth-order valence-electron chi connectivity index (χ4n) is 2.35. The number of hydrogen-bond acceptors (Lipinski definition) is 6. The predicted octanol–water partition coefficient (Wildman–Crippen LogP) is 3.36. The van der Waals surface area contributed by atoms with E-state index in [4.69, 9.17) is 4.74 Å². The average molecular weight is 381 g/mol. The Hall–Kier alpha value is -3.55. The van der Waals surface area contributed by atoms with Crippen molar-refractivity contribution in [2.45, 2.75) is 6.92 Å². The van der Waals surface area contributed by atoms with Gasteiger partial charge in [-0.25, -0.2) is 4.39 Å². The predicted molar refractivity (Wildman–Crippen MR) is 104 cm³/mol. The zero-order valence-electron chi connectivity index (χ0n) is 15.6. The van der Waals surface area contributed by atoms with Gasteiger partial charge in [0.05, 0.1) is 24.3 Å². The van der Waals surface area contributed by atoms with Gasteiger partial charge < -0.3 is 15.0 Å². The van der Waals surface area contributed by atoms with E-state index in [0.29, 0.717) is 36.2 Å². The molecule has 0 saturated carbocycles. The lowest BCUT2D eigenvalue weighted by Crippen LogP contribution is -2.29. The number of amides is 1. The van der Waals surface area contributed by atoms with Crippen LogP contribution in [-0.4, -0.2) is 45.9 Å². The van der Waals surface area contributed by atoms with Crippen LogP contribution in [0.2, 0.25) is 0 Å². The molecule has 0 bridgehead atoms. The van der Waals surface area contributed by atoms with E-state index < -0.39 is 0 Å². The van der Waals surface area contributed by atoms with E-state index in [1.165, 1.54) is 25.4 Å². The van der Waals surface area contributed by atoms with Gasteiger partial charge in [-0.05, 0) is 36.4 Å². The summed E-state index contributed by atoms with van der Waals surface area (Å²) >= 11 is 0. The fraction of sp³-hybridized carbons (Fsp3) is 0.200. The summed E-state index contributed by atoms with van der Waals surface area (Å²) in [5.41, 5.74) is 1.53. The smallest absolute Gasteiger partial charge is 0.239 e. The Labute approximate surface area is 162 Å². The Morgan fingerprint density at radius 2 is 1.93 bits per heavy atom. The molecule has 7 nitrogen and oxygen atoms in total. The third-order valence-corrected chi connectivity index (χ3v) is 4.00. The summed E-state index contributed by atoms with van der Waals surface area (Å²) in [6.07, 6.45) is 4.29. The van der Waals surface area contributed by atoms with Gasteiger partial charge in [0.2, 0.25) is 11.8 Å². The number of benzene rings is 1. The number of carbonyl (C=O) groups is 1. The highest BCUT2D eigenvalue weighted by molar-refractivity contribution is 5.72. The molecule has 28 heavy (non-hydrogen) atoms. The van der Waals surface area contributed by atoms with Crippen LogP contribution >= 0.6 is 0 Å². The van der Waals surface area contributed by atoms with Gasteiger partial charge in [-0.2, -0.15) is 4.98 Å². The van der Waals surface area contributed by atoms with E-state index in [1.54, 1.807) is 36.3 Å². The van der Waals surface area contributed by atoms with Crippen molar-refractivity contribution in [1.29, 1.82) is 0 Å². The molecule has 3 rings (SSSR count). The molecule has 144 valence electrons. The van der Waals surface area contributed by atoms with E-state index in [1.807, 2.05) is 12.1 Å². The fourth-order valence-corrected chi connectivity index (χ4v) is 2.35. The zero-order valence-corrected chi connectivity index (χ0v) is 15.6. The lowest BCUT2D eigenvalue weighted by Gasteiger charge is -2.15. The summed E-state index contributed by atoms with van der Waals surface area (Å²) in [5, 5.41) is 3.11. The number of carbonyl (C=O) groups excluding carboxylic acids is 1. The molecule has 3 aromatic rings. The van der Waals surface area contributed by atoms with Crippen molar-refractivity contribution >= 4 is 11.7 Å². The van der Waals surface area contributed by atoms with E-state index in [-0.39, 0.29) is 11.7 Å². The first kappa shape index (κ1) is 19.2. The Morgan fingerprint density at radius 3 is 2.61 bits per heavy atom. The van der Waals surface area contributed by atoms with Crippen LogP contribution in [0.3, 0.4) is 0 Å². The second kappa shape index (κ2) is 8.90. The number of pyridine rings is 1. The maximum absolute atomic E-state index is 13.0. The van der Waals surface area contributed by atoms with Crippen molar-refractivity contribution < 1.29 is 13.9 Å². The molecule has 0 fully saturated rings. The SMILES string of the molecule is CC(=O)N(C)CCNc1cncc(Oc2ccc(-c3ccc(F)cn3)cc2)n1. The number of likely N-dealkylation sites (N-methyl/N-ethyl adjacent to an activating group) is 1. The normalized spacial score (nSPS) is 10.4. The lowest BCUT2D eigenvalue weighted by atomic mass is 10.1. The molecule has 0 aliphatic carbocycles. The molecule has 1 aromatic carbocycles. The number of anilines is 1. The molecule has 0 aliphatic rings. The zero-order chi connectivity index (χ0) is 19.9. The lowest BCUT2D eigenvalue weighted by molar-refractivity contribution is -0.127. The molecule has 0 aliphatic heterocycles. The minimum atomic E-state index is -0.372. The molecule has 2 heterocycles. The first-order chi connectivity index (χ1) is 13.5. The van der Waals surface area contributed by atoms with Gasteiger partial charge in [-0.15, -0.1) is 0 Å². The van der Waals surface area contributed by atoms with Gasteiger partial charge in [-0.3, -0.25) is 14.8 Å². The second-order valence-electron chi connectivity index (χ2n) is 6.10. The molecule has 0 saturated heterocycles. The summed E-state index contributed by atoms with van der Waals surface area (Å²) < 4.78 is 18.7. The number of rotatable bonds is 7. The van der Waals surface area contributed by atoms with Gasteiger partial charge in [0.25, 0.3) is 0 Å². The minimum absolute atomic E-state index is 0.00394. The molecule has 1 amide bonds. The maximum Gasteiger partial charge on any atom is 0.239 e. The number of nitrogens with zero attached hydrogens (tertiary/aromatic N) is 4. The molecule has 0 radical (unpaired) electrons. The molecular formula is C20H20FN5O2. The standard InChI is InChI=1S/C20H20FN5O2/c1-14(27)26(2)10-9-23-19-12-22-13-20(25-19)28-17-6-3-15(4-7-17)18-8-5-16(21)11-24-18/h3-8,11-13H,9-10H2,1-2H3,(H,23,25). The summed E-state index contributed by atoms with van der Waals surface area (Å²) in [5.74, 6) is 1.13. The van der Waals surface area contributed by atoms with Gasteiger partial charge in [-0.1, -0.05) is 0 Å². The summed E-state index contributed by atoms with van der Waals surface area (Å²) in [6.45, 7) is 2.63. The van der Waals surface area contributed by atoms with Crippen molar-refractivity contribution in [3.05, 3.63) is 60.8 Å². The van der Waals surface area contributed by atoms with Crippen LogP contribution in [0.4, 0.5) is 10.2 Å². The Bertz CT molecular complexity index is 932. The Kier molecular flexibility index (Phi) is 6.11. The highest BCUT2D eigenvalue weighted by Crippen LogP contribution is 2.24. The van der Waals surface area contributed by atoms with Gasteiger partial charge in [0.15, 0.2) is 0 Å². The Morgan fingerprint density at radius 1 is 1.14 bits per heavy atom. The number of ether oxygens (including phenoxy) is 1. The minimum Gasteiger partial charge on any atom is -0.437 e. The summed E-state index contributed by atoms with van der Waals surface area (Å²) in [4.78, 5) is 25.3. The van der Waals surface area contributed by atoms with Crippen LogP contribution in [-0.2, 0) is 4.79 Å². The van der Waals surface area contributed by atoms with Crippen LogP contribution in [0.15, 0.2) is 55.0 Å². The molecule has 0 unspecified atom stereocenters. The third-order valence-electron chi connectivity index (χ3n) is 4.00. The molecule has 8 heteroatoms. The van der Waals surface area contributed by atoms with Crippen LogP contribution in [0, 0.1) is 5.82 Å². The summed E-state index contributed by atoms with van der Waals surface area (Å²) in [7, 11) is 1.74. The molecule has 0 atom stereocenters. The number of halogens is 1. The largest absolute Gasteiger partial charge is 0.437 e. The van der Waals surface area contributed by atoms with Crippen LogP contribution in [0.1, 0.15) is 6.92 Å². The van der Waals surface area contributed by atoms with Gasteiger partial charge >= 0.3 is 0 Å². The van der Waals surface area contributed by atoms with Crippen molar-refractivity contribution in [2.75, 3.05) is 25.5 Å². The first-order valence-electron chi connectivity index (χ1n) is 8.69. The number of nitrogens with one attached hydrogen (secondary N) is 1. The van der Waals surface area contributed by atoms with Crippen LogP contribution < -0.4 is 10.1 Å². The van der Waals surface area contributed by atoms with Crippen molar-refractivity contribution in [3.8, 4) is 22.9 Å². The molecular weight excluding hydrogens is 361 g/mol. The third kappa shape index (κ3) is 5.23. The van der Waals surface area contributed by atoms with E-state index >= 15 is 0 Å². The van der Waals surface area contributed by atoms with Crippen molar-refractivity contribution in [2.24, 2.45) is 0 Å². The van der Waals surface area contributed by atoms with Crippen molar-refractivity contribution in [3.63, 3.8) is 0 Å². The molecule has 1 N–H and O–H groups in total. The van der Waals surface area contributed by atoms with E-state index in [2.05, 4.69) is 20.3 Å². The monoisotopic (exact) mass is 381 g/mol. The summed E-state index contributed by atoms with van der Waals surface area (Å²) in [6, 6.07) is 10.2. The average Bonchev–Trinajstić information content (AvgIpc) is 2.69. The second-order valence-corrected chi connectivity index (χ2v) is 6.10. The van der Waals surface area contributed by atoms with E-state index in [0.717, 1.165) is 5.56 Å². The maximum atomic E-state index is 13.0. The highest BCUT2D eigenvalue weighted by atomic mass is 19.1. The first-order valence-corrected chi connectivity index (χ1v) is 8.69. The van der Waals surface area contributed by atoms with Gasteiger partial charge in [0, 0.05) is 32.6 Å². The topological polar surface area (TPSA) is 80.2 Å². The van der Waals surface area contributed by atoms with Crippen molar-refractivity contribution in [1.82, 2.24) is 19.9 Å². The van der Waals surface area contributed by atoms with E-state index in [9.17, 15) is 9.18 Å².